The van der Waals surface area contributed by atoms with Crippen LogP contribution in [0.1, 0.15) is 48.9 Å². The Balaban J connectivity index is 1.38. The second-order valence-electron chi connectivity index (χ2n) is 7.11. The number of thiophene rings is 1. The number of thioether (sulfide) groups is 1. The first-order valence-electron chi connectivity index (χ1n) is 9.27. The van der Waals surface area contributed by atoms with E-state index in [4.69, 9.17) is 0 Å². The van der Waals surface area contributed by atoms with Gasteiger partial charge in [-0.2, -0.15) is 0 Å². The lowest BCUT2D eigenvalue weighted by Gasteiger charge is -2.12. The van der Waals surface area contributed by atoms with Gasteiger partial charge in [-0.3, -0.25) is 25.2 Å². The summed E-state index contributed by atoms with van der Waals surface area (Å²) >= 11 is 3.00. The number of amides is 2. The number of nitrogens with one attached hydrogen (secondary N) is 3. The summed E-state index contributed by atoms with van der Waals surface area (Å²) in [4.78, 5) is 45.8. The Morgan fingerprint density at radius 1 is 1.30 bits per heavy atom. The fraction of sp³-hybridized carbons (Fsp3) is 0.556. The predicted molar refractivity (Wildman–Crippen MR) is 107 cm³/mol. The van der Waals surface area contributed by atoms with Gasteiger partial charge in [0.2, 0.25) is 5.91 Å². The molecular formula is C18H22N4O3S2. The van der Waals surface area contributed by atoms with Crippen LogP contribution in [0.3, 0.4) is 0 Å². The van der Waals surface area contributed by atoms with Gasteiger partial charge in [-0.15, -0.1) is 23.1 Å². The Morgan fingerprint density at radius 3 is 2.85 bits per heavy atom. The standard InChI is InChI=1S/C18H22N4O3S2/c1-9(15(23)21-22-16(24)10-6-7-10)26-8-13-19-17(25)14-11-4-2-3-5-12(11)27-18(14)20-13/h9-10H,2-8H2,1H3,(H,21,23)(H,22,24)(H,19,20,25)/t9-/m0/s1. The number of fused-ring (bicyclic) bond motifs is 3. The highest BCUT2D eigenvalue weighted by Gasteiger charge is 2.30. The van der Waals surface area contributed by atoms with Gasteiger partial charge in [0.1, 0.15) is 10.7 Å². The monoisotopic (exact) mass is 406 g/mol. The first-order chi connectivity index (χ1) is 13.0. The van der Waals surface area contributed by atoms with Crippen LogP contribution < -0.4 is 16.4 Å². The van der Waals surface area contributed by atoms with E-state index in [2.05, 4.69) is 20.8 Å². The summed E-state index contributed by atoms with van der Waals surface area (Å²) in [6.07, 6.45) is 6.06. The SMILES string of the molecule is C[C@H](SCc1nc2sc3c(c2c(=O)[nH]1)CCCC3)C(=O)NNC(=O)C1CC1. The van der Waals surface area contributed by atoms with Crippen LogP contribution in [0.15, 0.2) is 4.79 Å². The number of nitrogens with zero attached hydrogens (tertiary/aromatic N) is 1. The molecule has 0 radical (unpaired) electrons. The smallest absolute Gasteiger partial charge is 0.259 e. The normalized spacial score (nSPS) is 17.4. The van der Waals surface area contributed by atoms with Crippen LogP contribution >= 0.6 is 23.1 Å². The number of aromatic nitrogens is 2. The fourth-order valence-electron chi connectivity index (χ4n) is 3.23. The fourth-order valence-corrected chi connectivity index (χ4v) is 5.26. The van der Waals surface area contributed by atoms with Crippen molar-refractivity contribution in [3.8, 4) is 0 Å². The van der Waals surface area contributed by atoms with Crippen LogP contribution in [0.2, 0.25) is 0 Å². The van der Waals surface area contributed by atoms with E-state index in [9.17, 15) is 14.4 Å². The molecule has 0 bridgehead atoms. The molecule has 1 fully saturated rings. The molecule has 2 aliphatic rings. The third-order valence-electron chi connectivity index (χ3n) is 4.97. The Bertz CT molecular complexity index is 948. The zero-order valence-electron chi connectivity index (χ0n) is 15.1. The van der Waals surface area contributed by atoms with E-state index in [0.29, 0.717) is 11.6 Å². The van der Waals surface area contributed by atoms with Gasteiger partial charge in [0.05, 0.1) is 16.4 Å². The van der Waals surface area contributed by atoms with Crippen LogP contribution in [0.5, 0.6) is 0 Å². The van der Waals surface area contributed by atoms with Crippen molar-refractivity contribution in [2.75, 3.05) is 0 Å². The van der Waals surface area contributed by atoms with Gasteiger partial charge < -0.3 is 4.98 Å². The van der Waals surface area contributed by atoms with Crippen molar-refractivity contribution in [2.45, 2.75) is 56.5 Å². The van der Waals surface area contributed by atoms with Crippen molar-refractivity contribution >= 4 is 45.1 Å². The second-order valence-corrected chi connectivity index (χ2v) is 9.52. The molecule has 1 atom stereocenters. The number of H-pyrrole nitrogens is 1. The number of carbonyl (C=O) groups is 2. The van der Waals surface area contributed by atoms with Crippen LogP contribution in [-0.4, -0.2) is 27.0 Å². The molecule has 7 nitrogen and oxygen atoms in total. The number of hydrazine groups is 1. The van der Waals surface area contributed by atoms with E-state index in [1.807, 2.05) is 0 Å². The Hall–Kier alpha value is -1.87. The molecular weight excluding hydrogens is 384 g/mol. The van der Waals surface area contributed by atoms with Crippen LogP contribution in [0, 0.1) is 5.92 Å². The van der Waals surface area contributed by atoms with Crippen LogP contribution in [0.25, 0.3) is 10.2 Å². The Kier molecular flexibility index (Phi) is 5.23. The van der Waals surface area contributed by atoms with Gasteiger partial charge in [0.25, 0.3) is 11.5 Å². The maximum atomic E-state index is 12.5. The van der Waals surface area contributed by atoms with Gasteiger partial charge >= 0.3 is 0 Å². The van der Waals surface area contributed by atoms with Gasteiger partial charge in [0.15, 0.2) is 0 Å². The van der Waals surface area contributed by atoms with Crippen molar-refractivity contribution in [2.24, 2.45) is 5.92 Å². The Labute approximate surface area is 164 Å². The van der Waals surface area contributed by atoms with Crippen molar-refractivity contribution in [1.29, 1.82) is 0 Å². The van der Waals surface area contributed by atoms with Crippen molar-refractivity contribution in [1.82, 2.24) is 20.8 Å². The molecule has 1 saturated carbocycles. The minimum Gasteiger partial charge on any atom is -0.309 e. The highest BCUT2D eigenvalue weighted by molar-refractivity contribution is 7.99. The van der Waals surface area contributed by atoms with E-state index in [1.165, 1.54) is 28.6 Å². The first-order valence-corrected chi connectivity index (χ1v) is 11.1. The van der Waals surface area contributed by atoms with E-state index in [-0.39, 0.29) is 28.5 Å². The molecule has 0 aliphatic heterocycles. The zero-order chi connectivity index (χ0) is 19.0. The molecule has 0 saturated heterocycles. The van der Waals surface area contributed by atoms with Gasteiger partial charge in [0, 0.05) is 10.8 Å². The van der Waals surface area contributed by atoms with Gasteiger partial charge in [-0.05, 0) is 51.0 Å². The summed E-state index contributed by atoms with van der Waals surface area (Å²) in [6, 6.07) is 0. The molecule has 27 heavy (non-hydrogen) atoms. The van der Waals surface area contributed by atoms with E-state index in [1.54, 1.807) is 18.3 Å². The van der Waals surface area contributed by atoms with Crippen LogP contribution in [-0.2, 0) is 28.2 Å². The first kappa shape index (κ1) is 18.5. The molecule has 144 valence electrons. The van der Waals surface area contributed by atoms with Crippen LogP contribution in [0.4, 0.5) is 0 Å². The minimum absolute atomic E-state index is 0.0471. The molecule has 0 unspecified atom stereocenters. The number of aryl methyl sites for hydroxylation is 2. The van der Waals surface area contributed by atoms with Crippen molar-refractivity contribution in [3.05, 3.63) is 26.6 Å². The van der Waals surface area contributed by atoms with E-state index < -0.39 is 0 Å². The zero-order valence-corrected chi connectivity index (χ0v) is 16.7. The molecule has 3 N–H and O–H groups in total. The number of carbonyl (C=O) groups excluding carboxylic acids is 2. The summed E-state index contributed by atoms with van der Waals surface area (Å²) < 4.78 is 0. The molecule has 2 heterocycles. The average molecular weight is 407 g/mol. The molecule has 2 aliphatic carbocycles. The lowest BCUT2D eigenvalue weighted by molar-refractivity contribution is -0.129. The quantitative estimate of drug-likeness (QED) is 0.659. The molecule has 2 aromatic heterocycles. The predicted octanol–water partition coefficient (Wildman–Crippen LogP) is 2.04. The summed E-state index contributed by atoms with van der Waals surface area (Å²) in [5.41, 5.74) is 6.02. The maximum Gasteiger partial charge on any atom is 0.259 e. The molecule has 4 rings (SSSR count). The topological polar surface area (TPSA) is 104 Å². The molecule has 2 amide bonds. The van der Waals surface area contributed by atoms with E-state index >= 15 is 0 Å². The number of hydrogen-bond acceptors (Lipinski definition) is 6. The minimum atomic E-state index is -0.373. The number of hydrogen-bond donors (Lipinski definition) is 3. The lowest BCUT2D eigenvalue weighted by atomic mass is 9.97. The van der Waals surface area contributed by atoms with Gasteiger partial charge in [-0.1, -0.05) is 0 Å². The lowest BCUT2D eigenvalue weighted by Crippen LogP contribution is -2.45. The van der Waals surface area contributed by atoms with Crippen molar-refractivity contribution in [3.63, 3.8) is 0 Å². The highest BCUT2D eigenvalue weighted by Crippen LogP contribution is 2.33. The molecule has 9 heteroatoms. The third kappa shape index (κ3) is 4.03. The van der Waals surface area contributed by atoms with Crippen molar-refractivity contribution < 1.29 is 9.59 Å². The Morgan fingerprint density at radius 2 is 2.07 bits per heavy atom. The van der Waals surface area contributed by atoms with E-state index in [0.717, 1.165) is 42.3 Å². The largest absolute Gasteiger partial charge is 0.309 e. The molecule has 0 spiro atoms. The third-order valence-corrected chi connectivity index (χ3v) is 7.31. The summed E-state index contributed by atoms with van der Waals surface area (Å²) in [7, 11) is 0. The summed E-state index contributed by atoms with van der Waals surface area (Å²) in [5, 5.41) is 0.374. The highest BCUT2D eigenvalue weighted by atomic mass is 32.2. The molecule has 2 aromatic rings. The maximum absolute atomic E-state index is 12.5. The summed E-state index contributed by atoms with van der Waals surface area (Å²) in [6.45, 7) is 1.77. The van der Waals surface area contributed by atoms with Gasteiger partial charge in [-0.25, -0.2) is 4.98 Å². The number of rotatable bonds is 5. The number of aromatic amines is 1. The second kappa shape index (κ2) is 7.63. The summed E-state index contributed by atoms with van der Waals surface area (Å²) in [5.74, 6) is 0.671. The molecule has 0 aromatic carbocycles. The average Bonchev–Trinajstić information content (AvgIpc) is 3.44.